The quantitative estimate of drug-likeness (QED) is 0.648. The third-order valence-electron chi connectivity index (χ3n) is 3.87. The molecular weight excluding hydrogens is 204 g/mol. The smallest absolute Gasteiger partial charge is 0.00990 e. The lowest BCUT2D eigenvalue weighted by Crippen LogP contribution is -1.93. The van der Waals surface area contributed by atoms with Crippen LogP contribution in [0.3, 0.4) is 0 Å². The van der Waals surface area contributed by atoms with E-state index in [4.69, 9.17) is 0 Å². The zero-order valence-electron chi connectivity index (χ0n) is 10.7. The summed E-state index contributed by atoms with van der Waals surface area (Å²) in [6, 6.07) is 13.8. The van der Waals surface area contributed by atoms with Gasteiger partial charge in [0, 0.05) is 5.92 Å². The lowest BCUT2D eigenvalue weighted by molar-refractivity contribution is 0.797. The van der Waals surface area contributed by atoms with Gasteiger partial charge in [-0.05, 0) is 42.5 Å². The van der Waals surface area contributed by atoms with Crippen LogP contribution in [0.5, 0.6) is 0 Å². The van der Waals surface area contributed by atoms with Gasteiger partial charge >= 0.3 is 0 Å². The minimum absolute atomic E-state index is 0.598. The van der Waals surface area contributed by atoms with E-state index in [1.807, 2.05) is 0 Å². The molecule has 0 aromatic heterocycles. The summed E-state index contributed by atoms with van der Waals surface area (Å²) in [7, 11) is 0. The third kappa shape index (κ3) is 1.51. The Morgan fingerprint density at radius 3 is 1.71 bits per heavy atom. The Morgan fingerprint density at radius 1 is 0.824 bits per heavy atom. The molecule has 0 saturated heterocycles. The van der Waals surface area contributed by atoms with Gasteiger partial charge in [0.1, 0.15) is 0 Å². The first kappa shape index (κ1) is 10.6. The maximum Gasteiger partial charge on any atom is 0.00990 e. The average molecular weight is 222 g/mol. The van der Waals surface area contributed by atoms with E-state index in [2.05, 4.69) is 57.2 Å². The van der Waals surface area contributed by atoms with Crippen molar-refractivity contribution < 1.29 is 0 Å². The van der Waals surface area contributed by atoms with E-state index in [0.29, 0.717) is 5.92 Å². The van der Waals surface area contributed by atoms with Crippen molar-refractivity contribution in [3.05, 3.63) is 58.7 Å². The summed E-state index contributed by atoms with van der Waals surface area (Å²) in [5.41, 5.74) is 8.64. The number of hydrogen-bond acceptors (Lipinski definition) is 0. The molecule has 0 spiro atoms. The minimum Gasteiger partial charge on any atom is -0.0645 e. The summed E-state index contributed by atoms with van der Waals surface area (Å²) >= 11 is 0. The van der Waals surface area contributed by atoms with Gasteiger partial charge in [0.25, 0.3) is 0 Å². The molecule has 1 aliphatic rings. The molecule has 0 bridgehead atoms. The highest BCUT2D eigenvalue weighted by Gasteiger charge is 2.26. The molecule has 0 N–H and O–H groups in total. The van der Waals surface area contributed by atoms with Gasteiger partial charge in [-0.25, -0.2) is 0 Å². The van der Waals surface area contributed by atoms with Crippen molar-refractivity contribution in [1.29, 1.82) is 0 Å². The average Bonchev–Trinajstić information content (AvgIpc) is 2.62. The highest BCUT2D eigenvalue weighted by Crippen LogP contribution is 2.46. The summed E-state index contributed by atoms with van der Waals surface area (Å²) in [5, 5.41) is 0. The van der Waals surface area contributed by atoms with Gasteiger partial charge in [-0.1, -0.05) is 54.4 Å². The van der Waals surface area contributed by atoms with Crippen molar-refractivity contribution in [2.24, 2.45) is 0 Å². The molecule has 0 aliphatic heterocycles. The largest absolute Gasteiger partial charge is 0.0645 e. The summed E-state index contributed by atoms with van der Waals surface area (Å²) < 4.78 is 0. The first-order valence-corrected chi connectivity index (χ1v) is 6.42. The molecule has 0 heterocycles. The molecule has 0 unspecified atom stereocenters. The Morgan fingerprint density at radius 2 is 1.29 bits per heavy atom. The highest BCUT2D eigenvalue weighted by molar-refractivity contribution is 5.79. The molecule has 0 atom stereocenters. The molecule has 0 amide bonds. The Balaban J connectivity index is 2.31. The van der Waals surface area contributed by atoms with Crippen molar-refractivity contribution in [1.82, 2.24) is 0 Å². The minimum atomic E-state index is 0.598. The number of benzene rings is 2. The molecule has 17 heavy (non-hydrogen) atoms. The fourth-order valence-electron chi connectivity index (χ4n) is 3.02. The molecule has 0 saturated carbocycles. The summed E-state index contributed by atoms with van der Waals surface area (Å²) in [4.78, 5) is 0. The SMILES string of the molecule is CCC1c2ccc(C)cc2-c2cc(C)ccc21. The fraction of sp³-hybridized carbons (Fsp3) is 0.294. The van der Waals surface area contributed by atoms with Crippen LogP contribution in [0.4, 0.5) is 0 Å². The van der Waals surface area contributed by atoms with Gasteiger partial charge in [-0.15, -0.1) is 0 Å². The number of fused-ring (bicyclic) bond motifs is 3. The molecule has 0 fully saturated rings. The van der Waals surface area contributed by atoms with Gasteiger partial charge in [0.2, 0.25) is 0 Å². The van der Waals surface area contributed by atoms with E-state index in [0.717, 1.165) is 0 Å². The van der Waals surface area contributed by atoms with Crippen LogP contribution in [0.2, 0.25) is 0 Å². The Kier molecular flexibility index (Phi) is 2.32. The predicted octanol–water partition coefficient (Wildman–Crippen LogP) is 4.83. The van der Waals surface area contributed by atoms with E-state index in [1.165, 1.54) is 39.8 Å². The lowest BCUT2D eigenvalue weighted by Gasteiger charge is -2.10. The number of rotatable bonds is 1. The van der Waals surface area contributed by atoms with Gasteiger partial charge in [0.05, 0.1) is 0 Å². The molecule has 1 aliphatic carbocycles. The second-order valence-electron chi connectivity index (χ2n) is 5.14. The zero-order valence-corrected chi connectivity index (χ0v) is 10.7. The van der Waals surface area contributed by atoms with E-state index in [-0.39, 0.29) is 0 Å². The lowest BCUT2D eigenvalue weighted by atomic mass is 9.94. The van der Waals surface area contributed by atoms with E-state index >= 15 is 0 Å². The molecule has 2 aromatic rings. The van der Waals surface area contributed by atoms with Crippen molar-refractivity contribution in [2.45, 2.75) is 33.1 Å². The van der Waals surface area contributed by atoms with E-state index in [1.54, 1.807) is 0 Å². The first-order chi connectivity index (χ1) is 8.20. The van der Waals surface area contributed by atoms with Crippen LogP contribution in [0.25, 0.3) is 11.1 Å². The molecule has 2 aromatic carbocycles. The maximum atomic E-state index is 2.34. The maximum absolute atomic E-state index is 2.34. The molecule has 0 heteroatoms. The van der Waals surface area contributed by atoms with E-state index in [9.17, 15) is 0 Å². The normalized spacial score (nSPS) is 13.6. The monoisotopic (exact) mass is 222 g/mol. The van der Waals surface area contributed by atoms with Crippen molar-refractivity contribution >= 4 is 0 Å². The fourth-order valence-corrected chi connectivity index (χ4v) is 3.02. The first-order valence-electron chi connectivity index (χ1n) is 6.42. The second kappa shape index (κ2) is 3.73. The standard InChI is InChI=1S/C17H18/c1-4-13-14-7-5-11(2)9-16(14)17-10-12(3)6-8-15(13)17/h5-10,13H,4H2,1-3H3. The van der Waals surface area contributed by atoms with Gasteiger partial charge in [-0.2, -0.15) is 0 Å². The molecule has 3 rings (SSSR count). The van der Waals surface area contributed by atoms with Crippen molar-refractivity contribution in [3.63, 3.8) is 0 Å². The van der Waals surface area contributed by atoms with Crippen LogP contribution in [0.15, 0.2) is 36.4 Å². The number of aryl methyl sites for hydroxylation is 2. The van der Waals surface area contributed by atoms with Crippen LogP contribution in [-0.4, -0.2) is 0 Å². The summed E-state index contributed by atoms with van der Waals surface area (Å²) in [5.74, 6) is 0.598. The van der Waals surface area contributed by atoms with Crippen LogP contribution in [-0.2, 0) is 0 Å². The number of hydrogen-bond donors (Lipinski definition) is 0. The zero-order chi connectivity index (χ0) is 12.0. The van der Waals surface area contributed by atoms with Crippen molar-refractivity contribution in [2.75, 3.05) is 0 Å². The van der Waals surface area contributed by atoms with Crippen molar-refractivity contribution in [3.8, 4) is 11.1 Å². The summed E-state index contributed by atoms with van der Waals surface area (Å²) in [6.07, 6.45) is 1.19. The van der Waals surface area contributed by atoms with Crippen LogP contribution >= 0.6 is 0 Å². The molecular formula is C17H18. The van der Waals surface area contributed by atoms with Crippen LogP contribution in [0.1, 0.15) is 41.5 Å². The van der Waals surface area contributed by atoms with Crippen LogP contribution in [0, 0.1) is 13.8 Å². The highest BCUT2D eigenvalue weighted by atomic mass is 14.3. The topological polar surface area (TPSA) is 0 Å². The molecule has 86 valence electrons. The van der Waals surface area contributed by atoms with Gasteiger partial charge in [-0.3, -0.25) is 0 Å². The predicted molar refractivity (Wildman–Crippen MR) is 73.5 cm³/mol. The second-order valence-corrected chi connectivity index (χ2v) is 5.14. The molecule has 0 radical (unpaired) electrons. The Labute approximate surface area is 103 Å². The summed E-state index contributed by atoms with van der Waals surface area (Å²) in [6.45, 7) is 6.63. The molecule has 0 nitrogen and oxygen atoms in total. The van der Waals surface area contributed by atoms with Crippen LogP contribution < -0.4 is 0 Å². The Hall–Kier alpha value is -1.56. The van der Waals surface area contributed by atoms with E-state index < -0.39 is 0 Å². The third-order valence-corrected chi connectivity index (χ3v) is 3.87. The Bertz CT molecular complexity index is 527. The van der Waals surface area contributed by atoms with Gasteiger partial charge < -0.3 is 0 Å². The van der Waals surface area contributed by atoms with Gasteiger partial charge in [0.15, 0.2) is 0 Å².